The fourth-order valence-corrected chi connectivity index (χ4v) is 2.63. The van der Waals surface area contributed by atoms with E-state index in [4.69, 9.17) is 21.1 Å². The molecule has 0 aliphatic rings. The molecule has 0 fully saturated rings. The van der Waals surface area contributed by atoms with Gasteiger partial charge in [0.15, 0.2) is 13.2 Å². The van der Waals surface area contributed by atoms with E-state index in [0.29, 0.717) is 16.5 Å². The van der Waals surface area contributed by atoms with Crippen LogP contribution in [0.1, 0.15) is 0 Å². The number of esters is 1. The molecule has 3 rings (SSSR count). The quantitative estimate of drug-likeness (QED) is 0.666. The zero-order chi connectivity index (χ0) is 18.4. The molecule has 0 aliphatic heterocycles. The molecule has 132 valence electrons. The lowest BCUT2D eigenvalue weighted by Gasteiger charge is -2.10. The number of nitrogens with one attached hydrogen (secondary N) is 1. The summed E-state index contributed by atoms with van der Waals surface area (Å²) in [5.41, 5.74) is 0.637. The van der Waals surface area contributed by atoms with E-state index in [2.05, 4.69) is 5.32 Å². The standard InChI is InChI=1S/C20H16ClNO4/c21-17-10-11-18(16-9-5-4-8-15(16)17)25-13-20(24)26-12-19(23)22-14-6-2-1-3-7-14/h1-11H,12-13H2,(H,22,23). The number of ether oxygens (including phenoxy) is 2. The molecule has 0 radical (unpaired) electrons. The third-order valence-electron chi connectivity index (χ3n) is 3.60. The highest BCUT2D eigenvalue weighted by Crippen LogP contribution is 2.31. The van der Waals surface area contributed by atoms with Gasteiger partial charge in [0, 0.05) is 21.5 Å². The van der Waals surface area contributed by atoms with Crippen molar-refractivity contribution >= 4 is 39.9 Å². The Hall–Kier alpha value is -3.05. The van der Waals surface area contributed by atoms with Crippen molar-refractivity contribution in [3.63, 3.8) is 0 Å². The number of fused-ring (bicyclic) bond motifs is 1. The zero-order valence-corrected chi connectivity index (χ0v) is 14.5. The van der Waals surface area contributed by atoms with Gasteiger partial charge in [-0.2, -0.15) is 0 Å². The van der Waals surface area contributed by atoms with Crippen LogP contribution in [0.15, 0.2) is 66.7 Å². The number of hydrogen-bond acceptors (Lipinski definition) is 4. The monoisotopic (exact) mass is 369 g/mol. The molecular weight excluding hydrogens is 354 g/mol. The van der Waals surface area contributed by atoms with Gasteiger partial charge in [0.2, 0.25) is 0 Å². The number of benzene rings is 3. The molecule has 5 nitrogen and oxygen atoms in total. The number of carbonyl (C=O) groups is 2. The van der Waals surface area contributed by atoms with Crippen LogP contribution in [0.5, 0.6) is 5.75 Å². The van der Waals surface area contributed by atoms with Crippen LogP contribution in [0.4, 0.5) is 5.69 Å². The number of hydrogen-bond donors (Lipinski definition) is 1. The molecule has 26 heavy (non-hydrogen) atoms. The molecular formula is C20H16ClNO4. The van der Waals surface area contributed by atoms with Crippen molar-refractivity contribution in [1.82, 2.24) is 0 Å². The summed E-state index contributed by atoms with van der Waals surface area (Å²) in [4.78, 5) is 23.6. The maximum Gasteiger partial charge on any atom is 0.344 e. The largest absolute Gasteiger partial charge is 0.481 e. The van der Waals surface area contributed by atoms with Crippen molar-refractivity contribution in [2.45, 2.75) is 0 Å². The van der Waals surface area contributed by atoms with Crippen molar-refractivity contribution in [3.8, 4) is 5.75 Å². The maximum atomic E-state index is 11.8. The molecule has 0 bridgehead atoms. The number of rotatable bonds is 6. The topological polar surface area (TPSA) is 64.6 Å². The van der Waals surface area contributed by atoms with Crippen molar-refractivity contribution in [1.29, 1.82) is 0 Å². The minimum Gasteiger partial charge on any atom is -0.481 e. The molecule has 0 aliphatic carbocycles. The van der Waals surface area contributed by atoms with Gasteiger partial charge in [-0.25, -0.2) is 4.79 Å². The summed E-state index contributed by atoms with van der Waals surface area (Å²) in [5.74, 6) is -0.524. The highest BCUT2D eigenvalue weighted by Gasteiger charge is 2.11. The Kier molecular flexibility index (Phi) is 5.71. The van der Waals surface area contributed by atoms with Crippen molar-refractivity contribution in [2.24, 2.45) is 0 Å². The molecule has 0 saturated heterocycles. The van der Waals surface area contributed by atoms with Gasteiger partial charge in [-0.15, -0.1) is 0 Å². The molecule has 0 heterocycles. The van der Waals surface area contributed by atoms with Gasteiger partial charge in [0.05, 0.1) is 0 Å². The average Bonchev–Trinajstić information content (AvgIpc) is 2.67. The summed E-state index contributed by atoms with van der Waals surface area (Å²) < 4.78 is 10.5. The van der Waals surface area contributed by atoms with Gasteiger partial charge >= 0.3 is 5.97 Å². The minimum atomic E-state index is -0.632. The first kappa shape index (κ1) is 17.8. The molecule has 0 atom stereocenters. The zero-order valence-electron chi connectivity index (χ0n) is 13.8. The van der Waals surface area contributed by atoms with Crippen LogP contribution in [-0.4, -0.2) is 25.1 Å². The van der Waals surface area contributed by atoms with Crippen molar-refractivity contribution < 1.29 is 19.1 Å². The van der Waals surface area contributed by atoms with Crippen LogP contribution in [0.2, 0.25) is 5.02 Å². The second-order valence-corrected chi connectivity index (χ2v) is 5.86. The fourth-order valence-electron chi connectivity index (χ4n) is 2.40. The van der Waals surface area contributed by atoms with Crippen LogP contribution in [0.25, 0.3) is 10.8 Å². The van der Waals surface area contributed by atoms with Gasteiger partial charge in [-0.3, -0.25) is 4.79 Å². The highest BCUT2D eigenvalue weighted by molar-refractivity contribution is 6.35. The Balaban J connectivity index is 1.52. The summed E-state index contributed by atoms with van der Waals surface area (Å²) in [6.45, 7) is -0.678. The molecule has 0 saturated carbocycles. The van der Waals surface area contributed by atoms with Gasteiger partial charge in [0.1, 0.15) is 5.75 Å². The number of halogens is 1. The lowest BCUT2D eigenvalue weighted by Crippen LogP contribution is -2.23. The van der Waals surface area contributed by atoms with Gasteiger partial charge in [-0.1, -0.05) is 54.1 Å². The molecule has 0 aromatic heterocycles. The second kappa shape index (κ2) is 8.36. The summed E-state index contributed by atoms with van der Waals surface area (Å²) in [6, 6.07) is 19.8. The first-order chi connectivity index (χ1) is 12.6. The number of anilines is 1. The summed E-state index contributed by atoms with van der Waals surface area (Å²) >= 11 is 6.15. The molecule has 6 heteroatoms. The number of amides is 1. The Morgan fingerprint density at radius 3 is 2.31 bits per heavy atom. The molecule has 1 amide bonds. The highest BCUT2D eigenvalue weighted by atomic mass is 35.5. The van der Waals surface area contributed by atoms with E-state index in [-0.39, 0.29) is 13.2 Å². The smallest absolute Gasteiger partial charge is 0.344 e. The van der Waals surface area contributed by atoms with Gasteiger partial charge in [-0.05, 0) is 24.3 Å². The second-order valence-electron chi connectivity index (χ2n) is 5.45. The van der Waals surface area contributed by atoms with E-state index in [1.54, 1.807) is 36.4 Å². The van der Waals surface area contributed by atoms with E-state index < -0.39 is 11.9 Å². The van der Waals surface area contributed by atoms with Crippen LogP contribution < -0.4 is 10.1 Å². The Labute approximate surface area is 155 Å². The van der Waals surface area contributed by atoms with Crippen molar-refractivity contribution in [2.75, 3.05) is 18.5 Å². The van der Waals surface area contributed by atoms with Crippen LogP contribution in [-0.2, 0) is 14.3 Å². The molecule has 0 unspecified atom stereocenters. The van der Waals surface area contributed by atoms with Gasteiger partial charge in [0.25, 0.3) is 5.91 Å². The molecule has 3 aromatic rings. The van der Waals surface area contributed by atoms with E-state index in [9.17, 15) is 9.59 Å². The average molecular weight is 370 g/mol. The SMILES string of the molecule is O=C(COC(=O)COc1ccc(Cl)c2ccccc12)Nc1ccccc1. The van der Waals surface area contributed by atoms with E-state index in [0.717, 1.165) is 10.8 Å². The normalized spacial score (nSPS) is 10.3. The predicted molar refractivity (Wildman–Crippen MR) is 100 cm³/mol. The Morgan fingerprint density at radius 1 is 0.846 bits per heavy atom. The molecule has 0 spiro atoms. The third kappa shape index (κ3) is 4.52. The first-order valence-electron chi connectivity index (χ1n) is 7.94. The summed E-state index contributed by atoms with van der Waals surface area (Å²) in [7, 11) is 0. The predicted octanol–water partition coefficient (Wildman–Crippen LogP) is 4.05. The minimum absolute atomic E-state index is 0.301. The number of para-hydroxylation sites is 1. The van der Waals surface area contributed by atoms with Crippen LogP contribution in [0, 0.1) is 0 Å². The van der Waals surface area contributed by atoms with E-state index >= 15 is 0 Å². The maximum absolute atomic E-state index is 11.8. The fraction of sp³-hybridized carbons (Fsp3) is 0.100. The Bertz CT molecular complexity index is 928. The Morgan fingerprint density at radius 2 is 1.54 bits per heavy atom. The van der Waals surface area contributed by atoms with Gasteiger partial charge < -0.3 is 14.8 Å². The molecule has 1 N–H and O–H groups in total. The van der Waals surface area contributed by atoms with Crippen molar-refractivity contribution in [3.05, 3.63) is 71.8 Å². The van der Waals surface area contributed by atoms with Crippen LogP contribution >= 0.6 is 11.6 Å². The van der Waals surface area contributed by atoms with E-state index in [1.165, 1.54) is 0 Å². The summed E-state index contributed by atoms with van der Waals surface area (Å²) in [5, 5.41) is 4.87. The van der Waals surface area contributed by atoms with E-state index in [1.807, 2.05) is 30.3 Å². The number of carbonyl (C=O) groups excluding carboxylic acids is 2. The third-order valence-corrected chi connectivity index (χ3v) is 3.93. The molecule has 3 aromatic carbocycles. The van der Waals surface area contributed by atoms with Crippen LogP contribution in [0.3, 0.4) is 0 Å². The summed E-state index contributed by atoms with van der Waals surface area (Å²) in [6.07, 6.45) is 0. The lowest BCUT2D eigenvalue weighted by atomic mass is 10.1. The lowest BCUT2D eigenvalue weighted by molar-refractivity contribution is -0.149. The first-order valence-corrected chi connectivity index (χ1v) is 8.32.